The van der Waals surface area contributed by atoms with E-state index in [0.29, 0.717) is 0 Å². The average Bonchev–Trinajstić information content (AvgIpc) is 2.28. The standard InChI is InChI=1S/C14H15NO/c1-10-5-3-4-6-14(10)11-7-12(15)9-13(8-11)16-2/h3-9H,15H2,1-2H3. The lowest BCUT2D eigenvalue weighted by Crippen LogP contribution is -1.91. The van der Waals surface area contributed by atoms with E-state index in [-0.39, 0.29) is 0 Å². The minimum atomic E-state index is 0.720. The summed E-state index contributed by atoms with van der Waals surface area (Å²) in [5.41, 5.74) is 10.1. The molecule has 0 fully saturated rings. The van der Waals surface area contributed by atoms with E-state index < -0.39 is 0 Å². The SMILES string of the molecule is COc1cc(N)cc(-c2ccccc2C)c1. The number of nitrogens with two attached hydrogens (primary N) is 1. The molecule has 0 radical (unpaired) electrons. The molecule has 0 unspecified atom stereocenters. The Morgan fingerprint density at radius 3 is 2.50 bits per heavy atom. The molecule has 0 aliphatic heterocycles. The number of anilines is 1. The van der Waals surface area contributed by atoms with Crippen LogP contribution in [0.1, 0.15) is 5.56 Å². The minimum Gasteiger partial charge on any atom is -0.497 e. The smallest absolute Gasteiger partial charge is 0.121 e. The zero-order valence-corrected chi connectivity index (χ0v) is 9.53. The Morgan fingerprint density at radius 1 is 1.06 bits per heavy atom. The molecule has 2 heteroatoms. The molecule has 2 N–H and O–H groups in total. The molecule has 2 rings (SSSR count). The maximum Gasteiger partial charge on any atom is 0.121 e. The molecule has 0 heterocycles. The van der Waals surface area contributed by atoms with Crippen LogP contribution in [0.3, 0.4) is 0 Å². The maximum absolute atomic E-state index is 5.84. The minimum absolute atomic E-state index is 0.720. The van der Waals surface area contributed by atoms with Gasteiger partial charge in [-0.3, -0.25) is 0 Å². The van der Waals surface area contributed by atoms with Crippen LogP contribution in [0, 0.1) is 6.92 Å². The third-order valence-electron chi connectivity index (χ3n) is 2.62. The van der Waals surface area contributed by atoms with Gasteiger partial charge in [0.15, 0.2) is 0 Å². The van der Waals surface area contributed by atoms with Crippen molar-refractivity contribution in [3.63, 3.8) is 0 Å². The molecule has 0 aliphatic carbocycles. The summed E-state index contributed by atoms with van der Waals surface area (Å²) in [5.74, 6) is 0.790. The van der Waals surface area contributed by atoms with Crippen molar-refractivity contribution >= 4 is 5.69 Å². The van der Waals surface area contributed by atoms with E-state index in [1.807, 2.05) is 30.3 Å². The van der Waals surface area contributed by atoms with Crippen molar-refractivity contribution in [3.8, 4) is 16.9 Å². The lowest BCUT2D eigenvalue weighted by Gasteiger charge is -2.09. The van der Waals surface area contributed by atoms with Gasteiger partial charge in [-0.15, -0.1) is 0 Å². The number of hydrogen-bond acceptors (Lipinski definition) is 2. The van der Waals surface area contributed by atoms with Crippen LogP contribution in [-0.4, -0.2) is 7.11 Å². The number of benzene rings is 2. The fourth-order valence-corrected chi connectivity index (χ4v) is 1.79. The van der Waals surface area contributed by atoms with Gasteiger partial charge in [-0.25, -0.2) is 0 Å². The first-order valence-electron chi connectivity index (χ1n) is 5.21. The second-order valence-electron chi connectivity index (χ2n) is 3.81. The second-order valence-corrected chi connectivity index (χ2v) is 3.81. The molecule has 2 aromatic carbocycles. The summed E-state index contributed by atoms with van der Waals surface area (Å²) < 4.78 is 5.22. The Balaban J connectivity index is 2.56. The molecule has 2 aromatic rings. The number of rotatable bonds is 2. The molecule has 0 aliphatic rings. The molecule has 0 spiro atoms. The van der Waals surface area contributed by atoms with Gasteiger partial charge in [0.05, 0.1) is 7.11 Å². The van der Waals surface area contributed by atoms with E-state index in [9.17, 15) is 0 Å². The lowest BCUT2D eigenvalue weighted by molar-refractivity contribution is 0.415. The predicted octanol–water partition coefficient (Wildman–Crippen LogP) is 3.25. The molecule has 0 saturated heterocycles. The summed E-state index contributed by atoms with van der Waals surface area (Å²) in [5, 5.41) is 0. The Labute approximate surface area is 95.7 Å². The maximum atomic E-state index is 5.84. The first-order valence-corrected chi connectivity index (χ1v) is 5.21. The monoisotopic (exact) mass is 213 g/mol. The second kappa shape index (κ2) is 4.27. The first kappa shape index (κ1) is 10.6. The molecule has 2 nitrogen and oxygen atoms in total. The quantitative estimate of drug-likeness (QED) is 0.777. The highest BCUT2D eigenvalue weighted by atomic mass is 16.5. The highest BCUT2D eigenvalue weighted by Gasteiger charge is 2.04. The topological polar surface area (TPSA) is 35.2 Å². The number of methoxy groups -OCH3 is 1. The predicted molar refractivity (Wildman–Crippen MR) is 67.6 cm³/mol. The van der Waals surface area contributed by atoms with Crippen LogP contribution in [0.2, 0.25) is 0 Å². The third kappa shape index (κ3) is 2.01. The van der Waals surface area contributed by atoms with Crippen LogP contribution in [0.5, 0.6) is 5.75 Å². The van der Waals surface area contributed by atoms with Crippen molar-refractivity contribution < 1.29 is 4.74 Å². The highest BCUT2D eigenvalue weighted by Crippen LogP contribution is 2.29. The molecule has 0 saturated carbocycles. The van der Waals surface area contributed by atoms with Crippen molar-refractivity contribution in [2.75, 3.05) is 12.8 Å². The molecule has 0 amide bonds. The first-order chi connectivity index (χ1) is 7.70. The highest BCUT2D eigenvalue weighted by molar-refractivity contribution is 5.72. The van der Waals surface area contributed by atoms with Crippen LogP contribution < -0.4 is 10.5 Å². The number of aryl methyl sites for hydroxylation is 1. The van der Waals surface area contributed by atoms with E-state index in [2.05, 4.69) is 19.1 Å². The molecule has 0 bridgehead atoms. The lowest BCUT2D eigenvalue weighted by atomic mass is 10.00. The van der Waals surface area contributed by atoms with E-state index >= 15 is 0 Å². The van der Waals surface area contributed by atoms with E-state index in [1.165, 1.54) is 11.1 Å². The van der Waals surface area contributed by atoms with Crippen molar-refractivity contribution in [3.05, 3.63) is 48.0 Å². The fraction of sp³-hybridized carbons (Fsp3) is 0.143. The van der Waals surface area contributed by atoms with Gasteiger partial charge in [-0.2, -0.15) is 0 Å². The zero-order valence-electron chi connectivity index (χ0n) is 9.53. The number of hydrogen-bond donors (Lipinski definition) is 1. The number of nitrogen functional groups attached to an aromatic ring is 1. The van der Waals surface area contributed by atoms with Gasteiger partial charge in [0, 0.05) is 11.8 Å². The van der Waals surface area contributed by atoms with Crippen LogP contribution in [0.15, 0.2) is 42.5 Å². The summed E-state index contributed by atoms with van der Waals surface area (Å²) in [4.78, 5) is 0. The molecule has 16 heavy (non-hydrogen) atoms. The Morgan fingerprint density at radius 2 is 1.81 bits per heavy atom. The Kier molecular flexibility index (Phi) is 2.82. The molecule has 82 valence electrons. The summed E-state index contributed by atoms with van der Waals surface area (Å²) >= 11 is 0. The Hall–Kier alpha value is -1.96. The van der Waals surface area contributed by atoms with Crippen molar-refractivity contribution in [1.82, 2.24) is 0 Å². The van der Waals surface area contributed by atoms with Crippen molar-refractivity contribution in [2.24, 2.45) is 0 Å². The van der Waals surface area contributed by atoms with Crippen molar-refractivity contribution in [2.45, 2.75) is 6.92 Å². The van der Waals surface area contributed by atoms with Gasteiger partial charge >= 0.3 is 0 Å². The normalized spacial score (nSPS) is 10.1. The summed E-state index contributed by atoms with van der Waals surface area (Å²) in [7, 11) is 1.65. The third-order valence-corrected chi connectivity index (χ3v) is 2.62. The van der Waals surface area contributed by atoms with E-state index in [4.69, 9.17) is 10.5 Å². The van der Waals surface area contributed by atoms with Gasteiger partial charge in [0.2, 0.25) is 0 Å². The zero-order chi connectivity index (χ0) is 11.5. The van der Waals surface area contributed by atoms with Gasteiger partial charge < -0.3 is 10.5 Å². The largest absolute Gasteiger partial charge is 0.497 e. The van der Waals surface area contributed by atoms with Gasteiger partial charge in [-0.05, 0) is 35.7 Å². The van der Waals surface area contributed by atoms with E-state index in [1.54, 1.807) is 7.11 Å². The van der Waals surface area contributed by atoms with Crippen LogP contribution in [0.25, 0.3) is 11.1 Å². The van der Waals surface area contributed by atoms with Crippen molar-refractivity contribution in [1.29, 1.82) is 0 Å². The van der Waals surface area contributed by atoms with Gasteiger partial charge in [0.1, 0.15) is 5.75 Å². The molecule has 0 atom stereocenters. The average molecular weight is 213 g/mol. The van der Waals surface area contributed by atoms with Crippen LogP contribution in [0.4, 0.5) is 5.69 Å². The number of ether oxygens (including phenoxy) is 1. The van der Waals surface area contributed by atoms with Gasteiger partial charge in [0.25, 0.3) is 0 Å². The fourth-order valence-electron chi connectivity index (χ4n) is 1.79. The molecular formula is C14H15NO. The molecular weight excluding hydrogens is 198 g/mol. The summed E-state index contributed by atoms with van der Waals surface area (Å²) in [6.07, 6.45) is 0. The van der Waals surface area contributed by atoms with Crippen LogP contribution >= 0.6 is 0 Å². The summed E-state index contributed by atoms with van der Waals surface area (Å²) in [6, 6.07) is 14.0. The van der Waals surface area contributed by atoms with E-state index in [0.717, 1.165) is 17.0 Å². The molecule has 0 aromatic heterocycles. The van der Waals surface area contributed by atoms with Crippen LogP contribution in [-0.2, 0) is 0 Å². The Bertz CT molecular complexity index is 506. The van der Waals surface area contributed by atoms with Gasteiger partial charge in [-0.1, -0.05) is 24.3 Å². The summed E-state index contributed by atoms with van der Waals surface area (Å²) in [6.45, 7) is 2.09.